The van der Waals surface area contributed by atoms with E-state index in [1.807, 2.05) is 11.1 Å². The number of unbranched alkanes of at least 4 members (excludes halogenated alkanes) is 2. The summed E-state index contributed by atoms with van der Waals surface area (Å²) in [6.45, 7) is 10.4. The number of carbonyl (C=O) groups excluding carboxylic acids is 2. The molecule has 4 heterocycles. The van der Waals surface area contributed by atoms with E-state index < -0.39 is 6.23 Å². The topological polar surface area (TPSA) is 113 Å². The Bertz CT molecular complexity index is 1570. The first kappa shape index (κ1) is 31.7. The minimum Gasteiger partial charge on any atom is -0.493 e. The van der Waals surface area contributed by atoms with Gasteiger partial charge >= 0.3 is 0 Å². The minimum absolute atomic E-state index is 0.00757. The summed E-state index contributed by atoms with van der Waals surface area (Å²) in [6, 6.07) is 6.66. The molecule has 11 heteroatoms. The quantitative estimate of drug-likeness (QED) is 0.293. The summed E-state index contributed by atoms with van der Waals surface area (Å²) in [7, 11) is 4.91. The highest BCUT2D eigenvalue weighted by atomic mass is 16.5. The summed E-state index contributed by atoms with van der Waals surface area (Å²) in [6.07, 6.45) is 4.88. The van der Waals surface area contributed by atoms with E-state index in [1.165, 1.54) is 0 Å². The summed E-state index contributed by atoms with van der Waals surface area (Å²) in [5.41, 5.74) is 3.19. The van der Waals surface area contributed by atoms with E-state index in [9.17, 15) is 14.7 Å². The molecular weight excluding hydrogens is 588 g/mol. The van der Waals surface area contributed by atoms with E-state index in [4.69, 9.17) is 18.9 Å². The van der Waals surface area contributed by atoms with Crippen LogP contribution in [0.25, 0.3) is 0 Å². The lowest BCUT2D eigenvalue weighted by Crippen LogP contribution is -2.47. The maximum atomic E-state index is 13.4. The Morgan fingerprint density at radius 1 is 0.913 bits per heavy atom. The van der Waals surface area contributed by atoms with Gasteiger partial charge in [-0.05, 0) is 49.7 Å². The van der Waals surface area contributed by atoms with Crippen LogP contribution in [0, 0.1) is 5.41 Å². The van der Waals surface area contributed by atoms with Gasteiger partial charge in [0.15, 0.2) is 23.0 Å². The Hall–Kier alpha value is -4.25. The molecule has 2 aromatic rings. The van der Waals surface area contributed by atoms with Crippen molar-refractivity contribution in [2.75, 3.05) is 52.5 Å². The van der Waals surface area contributed by atoms with Crippen LogP contribution in [0.3, 0.4) is 0 Å². The molecular formula is C35H44N4O7. The summed E-state index contributed by atoms with van der Waals surface area (Å²) < 4.78 is 23.4. The number of benzene rings is 2. The molecule has 0 radical (unpaired) electrons. The molecule has 3 atom stereocenters. The molecule has 6 rings (SSSR count). The molecule has 11 nitrogen and oxygen atoms in total. The van der Waals surface area contributed by atoms with Crippen molar-refractivity contribution >= 4 is 29.4 Å². The minimum atomic E-state index is -0.860. The first-order valence-electron chi connectivity index (χ1n) is 15.9. The zero-order valence-electron chi connectivity index (χ0n) is 27.4. The molecule has 2 aromatic carbocycles. The zero-order valence-corrected chi connectivity index (χ0v) is 27.4. The molecule has 46 heavy (non-hydrogen) atoms. The largest absolute Gasteiger partial charge is 0.493 e. The van der Waals surface area contributed by atoms with Gasteiger partial charge in [-0.2, -0.15) is 0 Å². The Balaban J connectivity index is 1.04. The number of likely N-dealkylation sites (N-methyl/N-ethyl adjacent to an activating group) is 1. The fourth-order valence-corrected chi connectivity index (χ4v) is 7.00. The van der Waals surface area contributed by atoms with Crippen LogP contribution in [-0.2, 0) is 0 Å². The van der Waals surface area contributed by atoms with Gasteiger partial charge in [0.05, 0.1) is 62.0 Å². The average molecular weight is 633 g/mol. The number of aliphatic hydroxyl groups is 1. The highest BCUT2D eigenvalue weighted by Crippen LogP contribution is 2.42. The lowest BCUT2D eigenvalue weighted by atomic mass is 9.91. The van der Waals surface area contributed by atoms with Gasteiger partial charge in [0.1, 0.15) is 6.23 Å². The van der Waals surface area contributed by atoms with Gasteiger partial charge in [0.25, 0.3) is 11.8 Å². The number of nitrogens with zero attached hydrogens (tertiary/aromatic N) is 4. The number of methoxy groups -OCH3 is 2. The number of carbonyl (C=O) groups is 2. The van der Waals surface area contributed by atoms with Crippen LogP contribution in [0.15, 0.2) is 41.4 Å². The number of fused-ring (bicyclic) bond motifs is 4. The summed E-state index contributed by atoms with van der Waals surface area (Å²) in [5.74, 6) is 1.88. The average Bonchev–Trinajstić information content (AvgIpc) is 3.54. The first-order chi connectivity index (χ1) is 22.0. The van der Waals surface area contributed by atoms with Gasteiger partial charge < -0.3 is 38.8 Å². The van der Waals surface area contributed by atoms with Crippen molar-refractivity contribution in [3.05, 3.63) is 47.5 Å². The highest BCUT2D eigenvalue weighted by molar-refractivity contribution is 6.04. The van der Waals surface area contributed by atoms with Gasteiger partial charge in [-0.1, -0.05) is 26.0 Å². The van der Waals surface area contributed by atoms with Crippen molar-refractivity contribution in [1.29, 1.82) is 0 Å². The van der Waals surface area contributed by atoms with Crippen LogP contribution in [-0.4, -0.2) is 98.8 Å². The summed E-state index contributed by atoms with van der Waals surface area (Å²) in [4.78, 5) is 36.8. The Morgan fingerprint density at radius 2 is 1.54 bits per heavy atom. The van der Waals surface area contributed by atoms with Crippen molar-refractivity contribution in [3.8, 4) is 23.0 Å². The Kier molecular flexibility index (Phi) is 8.62. The fourth-order valence-electron chi connectivity index (χ4n) is 7.00. The number of ether oxygens (including phenoxy) is 4. The lowest BCUT2D eigenvalue weighted by molar-refractivity contribution is 0.0527. The number of anilines is 1. The third kappa shape index (κ3) is 5.88. The molecule has 246 valence electrons. The molecule has 3 unspecified atom stereocenters. The molecule has 2 fully saturated rings. The van der Waals surface area contributed by atoms with E-state index in [-0.39, 0.29) is 29.3 Å². The van der Waals surface area contributed by atoms with Crippen molar-refractivity contribution in [1.82, 2.24) is 9.80 Å². The van der Waals surface area contributed by atoms with Crippen molar-refractivity contribution in [3.63, 3.8) is 0 Å². The smallest absolute Gasteiger partial charge is 0.256 e. The monoisotopic (exact) mass is 632 g/mol. The normalized spacial score (nSPS) is 23.0. The van der Waals surface area contributed by atoms with E-state index >= 15 is 0 Å². The zero-order chi connectivity index (χ0) is 32.7. The van der Waals surface area contributed by atoms with E-state index in [0.717, 1.165) is 31.3 Å². The van der Waals surface area contributed by atoms with E-state index in [0.29, 0.717) is 78.2 Å². The number of aliphatic hydroxyl groups excluding tert-OH is 1. The SMILES string of the molecule is C=C1CC2C(O)N(C)c3cc(OCCCCCOc4cc5c(cc4OC)C(=O)N4CC(C)(C)CC4C=N5)c(OC)cc3C(=O)N2C1. The number of hydrogen-bond donors (Lipinski definition) is 1. The second kappa shape index (κ2) is 12.5. The van der Waals surface area contributed by atoms with Crippen LogP contribution in [0.5, 0.6) is 23.0 Å². The highest BCUT2D eigenvalue weighted by Gasteiger charge is 2.43. The lowest BCUT2D eigenvalue weighted by Gasteiger charge is -2.30. The number of amides is 2. The Morgan fingerprint density at radius 3 is 2.22 bits per heavy atom. The number of aliphatic imine (C=N–C) groups is 1. The van der Waals surface area contributed by atoms with E-state index in [1.54, 1.807) is 55.3 Å². The fraction of sp³-hybridized carbons (Fsp3) is 0.514. The van der Waals surface area contributed by atoms with Crippen molar-refractivity contribution in [2.24, 2.45) is 10.4 Å². The molecule has 0 bridgehead atoms. The standard InChI is InChI=1S/C35H44N4O7/c1-21-12-27-34(42)37(4)26-16-31(29(44-6)14-24(26)33(41)38(27)19-21)46-11-9-7-8-10-45-30-15-25-23(13-28(30)43-5)32(40)39-20-35(2,3)17-22(39)18-36-25/h13-16,18,22,27,34,42H,1,7-12,17,19-20H2,2-6H3. The molecule has 1 N–H and O–H groups in total. The first-order valence-corrected chi connectivity index (χ1v) is 15.9. The maximum Gasteiger partial charge on any atom is 0.256 e. The Labute approximate surface area is 270 Å². The third-order valence-electron chi connectivity index (χ3n) is 9.41. The van der Waals surface area contributed by atoms with Crippen molar-refractivity contribution in [2.45, 2.75) is 64.3 Å². The van der Waals surface area contributed by atoms with E-state index in [2.05, 4.69) is 25.4 Å². The molecule has 2 saturated heterocycles. The van der Waals surface area contributed by atoms with Crippen LogP contribution in [0.2, 0.25) is 0 Å². The molecule has 4 aliphatic rings. The van der Waals surface area contributed by atoms with Crippen LogP contribution in [0.4, 0.5) is 11.4 Å². The summed E-state index contributed by atoms with van der Waals surface area (Å²) >= 11 is 0. The second-order valence-corrected chi connectivity index (χ2v) is 13.4. The molecule has 0 saturated carbocycles. The van der Waals surface area contributed by atoms with Gasteiger partial charge in [0, 0.05) is 38.5 Å². The van der Waals surface area contributed by atoms with Gasteiger partial charge in [-0.3, -0.25) is 14.6 Å². The van der Waals surface area contributed by atoms with Crippen LogP contribution in [0.1, 0.15) is 66.7 Å². The van der Waals surface area contributed by atoms with Crippen LogP contribution < -0.4 is 23.8 Å². The van der Waals surface area contributed by atoms with Crippen LogP contribution >= 0.6 is 0 Å². The van der Waals surface area contributed by atoms with Gasteiger partial charge in [0.2, 0.25) is 0 Å². The molecule has 4 aliphatic heterocycles. The van der Waals surface area contributed by atoms with Gasteiger partial charge in [-0.15, -0.1) is 0 Å². The molecule has 0 aliphatic carbocycles. The predicted molar refractivity (Wildman–Crippen MR) is 175 cm³/mol. The molecule has 0 aromatic heterocycles. The van der Waals surface area contributed by atoms with Gasteiger partial charge in [-0.25, -0.2) is 0 Å². The number of hydrogen-bond acceptors (Lipinski definition) is 9. The third-order valence-corrected chi connectivity index (χ3v) is 9.41. The number of rotatable bonds is 10. The summed E-state index contributed by atoms with van der Waals surface area (Å²) in [5, 5.41) is 11.0. The second-order valence-electron chi connectivity index (χ2n) is 13.4. The molecule has 2 amide bonds. The van der Waals surface area contributed by atoms with Crippen molar-refractivity contribution < 1.29 is 33.6 Å². The predicted octanol–water partition coefficient (Wildman–Crippen LogP) is 4.83. The molecule has 0 spiro atoms. The maximum absolute atomic E-state index is 13.4.